The minimum Gasteiger partial charge on any atom is -0.349 e. The van der Waals surface area contributed by atoms with Gasteiger partial charge in [-0.1, -0.05) is 11.6 Å². The van der Waals surface area contributed by atoms with Crippen molar-refractivity contribution in [1.82, 2.24) is 10.0 Å². The molecule has 0 unspecified atom stereocenters. The minimum atomic E-state index is -3.26. The number of benzene rings is 1. The van der Waals surface area contributed by atoms with Gasteiger partial charge < -0.3 is 5.32 Å². The number of nitrogens with one attached hydrogen (secondary N) is 2. The molecule has 1 atom stereocenters. The zero-order chi connectivity index (χ0) is 15.5. The molecule has 1 aromatic rings. The number of hydrogen-bond donors (Lipinski definition) is 2. The molecule has 0 spiro atoms. The number of rotatable bonds is 5. The lowest BCUT2D eigenvalue weighted by Gasteiger charge is -2.26. The second-order valence-corrected chi connectivity index (χ2v) is 8.26. The molecular formula is C13H17ClN2O3S2. The fraction of sp³-hybridized carbons (Fsp3) is 0.462. The number of hydrogen-bond acceptors (Lipinski definition) is 4. The van der Waals surface area contributed by atoms with Crippen LogP contribution in [0.5, 0.6) is 0 Å². The number of sulfonamides is 1. The molecular weight excluding hydrogens is 332 g/mol. The molecule has 116 valence electrons. The summed E-state index contributed by atoms with van der Waals surface area (Å²) >= 11 is 7.76. The lowest BCUT2D eigenvalue weighted by atomic mass is 10.0. The number of carbonyl (C=O) groups is 1. The number of carbonyl (C=O) groups excluding carboxylic acids is 1. The van der Waals surface area contributed by atoms with Crippen molar-refractivity contribution in [2.24, 2.45) is 0 Å². The molecule has 0 aliphatic carbocycles. The Labute approximate surface area is 133 Å². The van der Waals surface area contributed by atoms with Crippen LogP contribution in [-0.4, -0.2) is 32.9 Å². The maximum atomic E-state index is 11.9. The molecule has 21 heavy (non-hydrogen) atoms. The van der Waals surface area contributed by atoms with Crippen molar-refractivity contribution in [2.75, 3.05) is 18.6 Å². The van der Waals surface area contributed by atoms with Gasteiger partial charge in [-0.3, -0.25) is 4.79 Å². The number of thioether (sulfide) groups is 1. The first-order valence-electron chi connectivity index (χ1n) is 6.51. The van der Waals surface area contributed by atoms with Crippen molar-refractivity contribution in [3.05, 3.63) is 28.8 Å². The average Bonchev–Trinajstić information content (AvgIpc) is 2.38. The van der Waals surface area contributed by atoms with Crippen LogP contribution in [0.3, 0.4) is 0 Å². The first-order valence-corrected chi connectivity index (χ1v) is 9.77. The lowest BCUT2D eigenvalue weighted by Crippen LogP contribution is -2.33. The van der Waals surface area contributed by atoms with E-state index in [4.69, 9.17) is 11.6 Å². The van der Waals surface area contributed by atoms with Gasteiger partial charge in [0.25, 0.3) is 0 Å². The van der Waals surface area contributed by atoms with Gasteiger partial charge in [0.1, 0.15) is 0 Å². The Balaban J connectivity index is 1.95. The van der Waals surface area contributed by atoms with Crippen LogP contribution in [0, 0.1) is 0 Å². The Hall–Kier alpha value is -0.760. The maximum Gasteiger partial charge on any atom is 0.221 e. The molecule has 1 aliphatic rings. The third-order valence-corrected chi connectivity index (χ3v) is 5.15. The van der Waals surface area contributed by atoms with Crippen LogP contribution >= 0.6 is 23.4 Å². The fourth-order valence-corrected chi connectivity index (χ4v) is 3.89. The predicted molar refractivity (Wildman–Crippen MR) is 85.1 cm³/mol. The minimum absolute atomic E-state index is 0.0642. The van der Waals surface area contributed by atoms with Gasteiger partial charge in [-0.15, -0.1) is 11.8 Å². The molecule has 1 heterocycles. The van der Waals surface area contributed by atoms with Crippen LogP contribution in [0.15, 0.2) is 23.1 Å². The Morgan fingerprint density at radius 1 is 1.48 bits per heavy atom. The first-order chi connectivity index (χ1) is 9.85. The summed E-state index contributed by atoms with van der Waals surface area (Å²) in [6, 6.07) is 5.62. The summed E-state index contributed by atoms with van der Waals surface area (Å²) in [5.41, 5.74) is 1.03. The van der Waals surface area contributed by atoms with Gasteiger partial charge >= 0.3 is 0 Å². The highest BCUT2D eigenvalue weighted by molar-refractivity contribution is 7.99. The lowest BCUT2D eigenvalue weighted by molar-refractivity contribution is -0.121. The zero-order valence-electron chi connectivity index (χ0n) is 11.6. The standard InChI is InChI=1S/C13H17ClN2O3S2/c1-21(18,19)15-6-4-13(17)16-11-5-7-20-12-3-2-9(14)8-10(11)12/h2-3,8,11,15H,4-7H2,1H3,(H,16,17)/t11-/m0/s1. The normalized spacial score (nSPS) is 18.1. The molecule has 0 fully saturated rings. The van der Waals surface area contributed by atoms with Gasteiger partial charge in [0.05, 0.1) is 12.3 Å². The maximum absolute atomic E-state index is 11.9. The SMILES string of the molecule is CS(=O)(=O)NCCC(=O)N[C@H]1CCSc2ccc(Cl)cc21. The summed E-state index contributed by atoms with van der Waals surface area (Å²) in [6.45, 7) is 0.106. The molecule has 1 amide bonds. The van der Waals surface area contributed by atoms with Gasteiger partial charge in [0, 0.05) is 28.6 Å². The average molecular weight is 349 g/mol. The summed E-state index contributed by atoms with van der Waals surface area (Å²) in [7, 11) is -3.26. The van der Waals surface area contributed by atoms with Crippen LogP contribution < -0.4 is 10.0 Å². The van der Waals surface area contributed by atoms with E-state index in [1.54, 1.807) is 11.8 Å². The topological polar surface area (TPSA) is 75.3 Å². The monoisotopic (exact) mass is 348 g/mol. The van der Waals surface area contributed by atoms with E-state index >= 15 is 0 Å². The van der Waals surface area contributed by atoms with Crippen molar-refractivity contribution in [3.8, 4) is 0 Å². The highest BCUT2D eigenvalue weighted by atomic mass is 35.5. The van der Waals surface area contributed by atoms with Crippen LogP contribution in [0.4, 0.5) is 0 Å². The van der Waals surface area contributed by atoms with Gasteiger partial charge in [0.2, 0.25) is 15.9 Å². The fourth-order valence-electron chi connectivity index (χ4n) is 2.13. The third kappa shape index (κ3) is 5.18. The van der Waals surface area contributed by atoms with E-state index < -0.39 is 10.0 Å². The van der Waals surface area contributed by atoms with Crippen LogP contribution in [0.2, 0.25) is 5.02 Å². The van der Waals surface area contributed by atoms with Crippen molar-refractivity contribution in [2.45, 2.75) is 23.8 Å². The predicted octanol–water partition coefficient (Wildman–Crippen LogP) is 1.93. The largest absolute Gasteiger partial charge is 0.349 e. The summed E-state index contributed by atoms with van der Waals surface area (Å²) in [4.78, 5) is 13.0. The van der Waals surface area contributed by atoms with E-state index in [-0.39, 0.29) is 24.9 Å². The van der Waals surface area contributed by atoms with Gasteiger partial charge in [-0.05, 0) is 30.2 Å². The quantitative estimate of drug-likeness (QED) is 0.852. The molecule has 0 radical (unpaired) electrons. The summed E-state index contributed by atoms with van der Waals surface area (Å²) < 4.78 is 24.2. The van der Waals surface area contributed by atoms with E-state index in [0.29, 0.717) is 5.02 Å². The molecule has 0 saturated heterocycles. The van der Waals surface area contributed by atoms with Crippen molar-refractivity contribution < 1.29 is 13.2 Å². The smallest absolute Gasteiger partial charge is 0.221 e. The van der Waals surface area contributed by atoms with Crippen LogP contribution in [-0.2, 0) is 14.8 Å². The summed E-state index contributed by atoms with van der Waals surface area (Å²) in [5, 5.41) is 3.59. The van der Waals surface area contributed by atoms with E-state index in [1.807, 2.05) is 18.2 Å². The van der Waals surface area contributed by atoms with Gasteiger partial charge in [-0.25, -0.2) is 13.1 Å². The van der Waals surface area contributed by atoms with Gasteiger partial charge in [-0.2, -0.15) is 0 Å². The van der Waals surface area contributed by atoms with Crippen molar-refractivity contribution in [3.63, 3.8) is 0 Å². The van der Waals surface area contributed by atoms with E-state index in [2.05, 4.69) is 10.0 Å². The Kier molecular flexibility index (Phi) is 5.54. The number of fused-ring (bicyclic) bond motifs is 1. The van der Waals surface area contributed by atoms with E-state index in [1.165, 1.54) is 0 Å². The third-order valence-electron chi connectivity index (χ3n) is 3.06. The summed E-state index contributed by atoms with van der Waals surface area (Å²) in [5.74, 6) is 0.759. The Morgan fingerprint density at radius 3 is 2.95 bits per heavy atom. The Morgan fingerprint density at radius 2 is 2.24 bits per heavy atom. The van der Waals surface area contributed by atoms with E-state index in [9.17, 15) is 13.2 Å². The van der Waals surface area contributed by atoms with Crippen LogP contribution in [0.25, 0.3) is 0 Å². The number of amides is 1. The highest BCUT2D eigenvalue weighted by Gasteiger charge is 2.22. The zero-order valence-corrected chi connectivity index (χ0v) is 13.9. The van der Waals surface area contributed by atoms with E-state index in [0.717, 1.165) is 28.9 Å². The number of halogens is 1. The molecule has 1 aromatic carbocycles. The second kappa shape index (κ2) is 7.00. The van der Waals surface area contributed by atoms with Crippen molar-refractivity contribution in [1.29, 1.82) is 0 Å². The summed E-state index contributed by atoms with van der Waals surface area (Å²) in [6.07, 6.45) is 2.03. The molecule has 8 heteroatoms. The first kappa shape index (κ1) is 16.6. The molecule has 2 rings (SSSR count). The van der Waals surface area contributed by atoms with Gasteiger partial charge in [0.15, 0.2) is 0 Å². The second-order valence-electron chi connectivity index (χ2n) is 4.86. The van der Waals surface area contributed by atoms with Crippen LogP contribution in [0.1, 0.15) is 24.4 Å². The molecule has 0 aromatic heterocycles. The highest BCUT2D eigenvalue weighted by Crippen LogP contribution is 2.37. The molecule has 5 nitrogen and oxygen atoms in total. The molecule has 0 bridgehead atoms. The molecule has 0 saturated carbocycles. The molecule has 2 N–H and O–H groups in total. The van der Waals surface area contributed by atoms with Crippen molar-refractivity contribution >= 4 is 39.3 Å². The molecule has 1 aliphatic heterocycles. The Bertz CT molecular complexity index is 634.